The van der Waals surface area contributed by atoms with Gasteiger partial charge in [0, 0.05) is 17.6 Å². The smallest absolute Gasteiger partial charge is 0.410 e. The Kier molecular flexibility index (Phi) is 5.09. The molecule has 1 fully saturated rings. The van der Waals surface area contributed by atoms with E-state index < -0.39 is 5.60 Å². The van der Waals surface area contributed by atoms with Crippen LogP contribution in [-0.4, -0.2) is 29.7 Å². The zero-order chi connectivity index (χ0) is 15.5. The SMILES string of the molecule is CC(C)(C)OC(=O)N1CCC(=Cc2ccccc2Br)CC1. The molecule has 2 rings (SSSR count). The Morgan fingerprint density at radius 2 is 1.86 bits per heavy atom. The van der Waals surface area contributed by atoms with E-state index in [1.54, 1.807) is 4.90 Å². The molecule has 0 saturated carbocycles. The highest BCUT2D eigenvalue weighted by Gasteiger charge is 2.24. The molecule has 0 N–H and O–H groups in total. The minimum Gasteiger partial charge on any atom is -0.444 e. The summed E-state index contributed by atoms with van der Waals surface area (Å²) in [7, 11) is 0. The molecule has 1 heterocycles. The van der Waals surface area contributed by atoms with Crippen LogP contribution in [0.15, 0.2) is 34.3 Å². The molecule has 1 aliphatic heterocycles. The quantitative estimate of drug-likeness (QED) is 0.722. The van der Waals surface area contributed by atoms with Gasteiger partial charge in [-0.25, -0.2) is 4.79 Å². The van der Waals surface area contributed by atoms with Crippen LogP contribution in [0.2, 0.25) is 0 Å². The molecule has 114 valence electrons. The number of ether oxygens (including phenoxy) is 1. The molecule has 21 heavy (non-hydrogen) atoms. The first-order valence-corrected chi connectivity index (χ1v) is 8.06. The molecule has 0 aromatic heterocycles. The number of carbonyl (C=O) groups excluding carboxylic acids is 1. The fourth-order valence-corrected chi connectivity index (χ4v) is 2.66. The molecule has 3 nitrogen and oxygen atoms in total. The Hall–Kier alpha value is -1.29. The number of nitrogens with zero attached hydrogens (tertiary/aromatic N) is 1. The second kappa shape index (κ2) is 6.65. The second-order valence-corrected chi connectivity index (χ2v) is 7.15. The summed E-state index contributed by atoms with van der Waals surface area (Å²) in [5.74, 6) is 0. The Bertz CT molecular complexity index is 536. The van der Waals surface area contributed by atoms with Gasteiger partial charge >= 0.3 is 6.09 Å². The zero-order valence-electron chi connectivity index (χ0n) is 12.9. The van der Waals surface area contributed by atoms with E-state index in [0.29, 0.717) is 0 Å². The van der Waals surface area contributed by atoms with E-state index in [4.69, 9.17) is 4.74 Å². The molecule has 0 atom stereocenters. The van der Waals surface area contributed by atoms with Crippen LogP contribution < -0.4 is 0 Å². The van der Waals surface area contributed by atoms with Crippen LogP contribution >= 0.6 is 15.9 Å². The van der Waals surface area contributed by atoms with Crippen LogP contribution in [0.5, 0.6) is 0 Å². The summed E-state index contributed by atoms with van der Waals surface area (Å²) in [5.41, 5.74) is 2.14. The molecular weight excluding hydrogens is 330 g/mol. The number of rotatable bonds is 1. The standard InChI is InChI=1S/C17H22BrNO2/c1-17(2,3)21-16(20)19-10-8-13(9-11-19)12-14-6-4-5-7-15(14)18/h4-7,12H,8-11H2,1-3H3. The third kappa shape index (κ3) is 4.88. The Morgan fingerprint density at radius 3 is 2.43 bits per heavy atom. The van der Waals surface area contributed by atoms with Crippen molar-refractivity contribution in [1.82, 2.24) is 4.90 Å². The molecule has 1 aliphatic rings. The largest absolute Gasteiger partial charge is 0.444 e. The topological polar surface area (TPSA) is 29.5 Å². The van der Waals surface area contributed by atoms with Crippen molar-refractivity contribution in [3.05, 3.63) is 39.9 Å². The van der Waals surface area contributed by atoms with Gasteiger partial charge in [0.1, 0.15) is 5.60 Å². The molecule has 0 radical (unpaired) electrons. The van der Waals surface area contributed by atoms with Gasteiger partial charge in [0.05, 0.1) is 0 Å². The number of piperidine rings is 1. The highest BCUT2D eigenvalue weighted by Crippen LogP contribution is 2.24. The number of carbonyl (C=O) groups is 1. The fraction of sp³-hybridized carbons (Fsp3) is 0.471. The van der Waals surface area contributed by atoms with Gasteiger partial charge in [-0.15, -0.1) is 0 Å². The molecule has 1 aromatic rings. The lowest BCUT2D eigenvalue weighted by molar-refractivity contribution is 0.0237. The summed E-state index contributed by atoms with van der Waals surface area (Å²) in [4.78, 5) is 13.8. The van der Waals surface area contributed by atoms with Crippen molar-refractivity contribution >= 4 is 28.1 Å². The molecule has 0 unspecified atom stereocenters. The Balaban J connectivity index is 1.95. The lowest BCUT2D eigenvalue weighted by atomic mass is 10.0. The van der Waals surface area contributed by atoms with Crippen molar-refractivity contribution in [2.24, 2.45) is 0 Å². The van der Waals surface area contributed by atoms with Crippen molar-refractivity contribution in [2.45, 2.75) is 39.2 Å². The van der Waals surface area contributed by atoms with Crippen molar-refractivity contribution in [2.75, 3.05) is 13.1 Å². The number of likely N-dealkylation sites (tertiary alicyclic amines) is 1. The van der Waals surface area contributed by atoms with E-state index in [-0.39, 0.29) is 6.09 Å². The number of benzene rings is 1. The van der Waals surface area contributed by atoms with Gasteiger partial charge in [0.15, 0.2) is 0 Å². The summed E-state index contributed by atoms with van der Waals surface area (Å²) in [5, 5.41) is 0. The number of hydrogen-bond donors (Lipinski definition) is 0. The van der Waals surface area contributed by atoms with E-state index in [2.05, 4.69) is 28.1 Å². The zero-order valence-corrected chi connectivity index (χ0v) is 14.4. The van der Waals surface area contributed by atoms with Crippen molar-refractivity contribution in [1.29, 1.82) is 0 Å². The first-order valence-electron chi connectivity index (χ1n) is 7.27. The molecular formula is C17H22BrNO2. The van der Waals surface area contributed by atoms with E-state index in [1.807, 2.05) is 39.0 Å². The predicted octanol–water partition coefficient (Wildman–Crippen LogP) is 4.86. The number of hydrogen-bond acceptors (Lipinski definition) is 2. The molecule has 0 aliphatic carbocycles. The van der Waals surface area contributed by atoms with Crippen molar-refractivity contribution in [3.63, 3.8) is 0 Å². The maximum atomic E-state index is 12.0. The van der Waals surface area contributed by atoms with E-state index in [1.165, 1.54) is 11.1 Å². The van der Waals surface area contributed by atoms with Gasteiger partial charge in [-0.3, -0.25) is 0 Å². The van der Waals surface area contributed by atoms with Crippen LogP contribution in [0.3, 0.4) is 0 Å². The van der Waals surface area contributed by atoms with Gasteiger partial charge in [0.25, 0.3) is 0 Å². The Morgan fingerprint density at radius 1 is 1.24 bits per heavy atom. The minimum absolute atomic E-state index is 0.206. The van der Waals surface area contributed by atoms with Crippen LogP contribution in [0.1, 0.15) is 39.2 Å². The molecule has 1 amide bonds. The summed E-state index contributed by atoms with van der Waals surface area (Å²) < 4.78 is 6.51. The van der Waals surface area contributed by atoms with Crippen LogP contribution in [0.4, 0.5) is 4.79 Å². The van der Waals surface area contributed by atoms with E-state index >= 15 is 0 Å². The van der Waals surface area contributed by atoms with E-state index in [9.17, 15) is 4.79 Å². The third-order valence-corrected chi connectivity index (χ3v) is 4.04. The summed E-state index contributed by atoms with van der Waals surface area (Å²) in [6.07, 6.45) is 3.82. The maximum absolute atomic E-state index is 12.0. The normalized spacial score (nSPS) is 15.8. The van der Waals surface area contributed by atoms with Crippen molar-refractivity contribution < 1.29 is 9.53 Å². The van der Waals surface area contributed by atoms with Crippen LogP contribution in [0, 0.1) is 0 Å². The highest BCUT2D eigenvalue weighted by molar-refractivity contribution is 9.10. The molecule has 1 saturated heterocycles. The molecule has 1 aromatic carbocycles. The lowest BCUT2D eigenvalue weighted by Crippen LogP contribution is -2.40. The molecule has 4 heteroatoms. The predicted molar refractivity (Wildman–Crippen MR) is 89.2 cm³/mol. The minimum atomic E-state index is -0.428. The molecule has 0 bridgehead atoms. The summed E-state index contributed by atoms with van der Waals surface area (Å²) in [6.45, 7) is 7.14. The number of amides is 1. The van der Waals surface area contributed by atoms with Gasteiger partial charge < -0.3 is 9.64 Å². The van der Waals surface area contributed by atoms with Crippen LogP contribution in [0.25, 0.3) is 6.08 Å². The number of halogens is 1. The fourth-order valence-electron chi connectivity index (χ4n) is 2.26. The highest BCUT2D eigenvalue weighted by atomic mass is 79.9. The maximum Gasteiger partial charge on any atom is 0.410 e. The lowest BCUT2D eigenvalue weighted by Gasteiger charge is -2.31. The monoisotopic (exact) mass is 351 g/mol. The Labute approximate surface area is 135 Å². The summed E-state index contributed by atoms with van der Waals surface area (Å²) >= 11 is 3.56. The van der Waals surface area contributed by atoms with Gasteiger partial charge in [0.2, 0.25) is 0 Å². The first kappa shape index (κ1) is 16.1. The average Bonchev–Trinajstić information content (AvgIpc) is 2.40. The molecule has 0 spiro atoms. The van der Waals surface area contributed by atoms with Gasteiger partial charge in [-0.05, 0) is 45.2 Å². The second-order valence-electron chi connectivity index (χ2n) is 6.29. The van der Waals surface area contributed by atoms with Gasteiger partial charge in [-0.1, -0.05) is 45.8 Å². The van der Waals surface area contributed by atoms with Crippen molar-refractivity contribution in [3.8, 4) is 0 Å². The average molecular weight is 352 g/mol. The van der Waals surface area contributed by atoms with E-state index in [0.717, 1.165) is 30.4 Å². The summed E-state index contributed by atoms with van der Waals surface area (Å²) in [6, 6.07) is 8.18. The van der Waals surface area contributed by atoms with Gasteiger partial charge in [-0.2, -0.15) is 0 Å². The first-order chi connectivity index (χ1) is 9.85. The van der Waals surface area contributed by atoms with Crippen LogP contribution in [-0.2, 0) is 4.74 Å². The third-order valence-electron chi connectivity index (χ3n) is 3.32.